The maximum atomic E-state index is 12.1. The molecule has 0 aliphatic carbocycles. The highest BCUT2D eigenvalue weighted by atomic mass is 32.1. The first-order chi connectivity index (χ1) is 14.6. The second-order valence-electron chi connectivity index (χ2n) is 6.17. The zero-order valence-corrected chi connectivity index (χ0v) is 18.9. The molecule has 1 saturated heterocycles. The first-order valence-electron chi connectivity index (χ1n) is 8.11. The first kappa shape index (κ1) is 25.5. The normalized spacial score (nSPS) is 27.9. The van der Waals surface area contributed by atoms with E-state index in [2.05, 4.69) is 36.2 Å². The minimum Gasteiger partial charge on any atom is -0.386 e. The third kappa shape index (κ3) is 5.66. The summed E-state index contributed by atoms with van der Waals surface area (Å²) in [6, 6.07) is 0. The van der Waals surface area contributed by atoms with Gasteiger partial charge in [-0.15, -0.1) is 0 Å². The third-order valence-corrected chi connectivity index (χ3v) is 8.08. The van der Waals surface area contributed by atoms with E-state index in [9.17, 15) is 33.4 Å². The van der Waals surface area contributed by atoms with Crippen LogP contribution in [0.3, 0.4) is 0 Å². The van der Waals surface area contributed by atoms with Crippen molar-refractivity contribution in [2.24, 2.45) is 0 Å². The number of hydrogen-bond acceptors (Lipinski definition) is 13. The molecule has 6 atom stereocenters. The van der Waals surface area contributed by atoms with E-state index in [1.54, 1.807) is 0 Å². The number of anilines is 1. The van der Waals surface area contributed by atoms with E-state index in [4.69, 9.17) is 24.8 Å². The average Bonchev–Trinajstić information content (AvgIpc) is 3.13. The molecule has 0 radical (unpaired) electrons. The molecule has 3 rings (SSSR count). The van der Waals surface area contributed by atoms with Crippen molar-refractivity contribution < 1.29 is 56.3 Å². The number of phosphoric acid groups is 3. The van der Waals surface area contributed by atoms with E-state index < -0.39 is 53.6 Å². The van der Waals surface area contributed by atoms with Crippen molar-refractivity contribution in [1.29, 1.82) is 0 Å². The van der Waals surface area contributed by atoms with E-state index in [0.29, 0.717) is 0 Å². The predicted molar refractivity (Wildman–Crippen MR) is 105 cm³/mol. The molecule has 32 heavy (non-hydrogen) atoms. The molecule has 0 saturated carbocycles. The van der Waals surface area contributed by atoms with Crippen molar-refractivity contribution >= 4 is 53.2 Å². The van der Waals surface area contributed by atoms with Crippen LogP contribution in [-0.2, 0) is 31.6 Å². The molecule has 1 aliphatic heterocycles. The molecular formula is C10H16N5O13P3S. The Balaban J connectivity index is 1.86. The Kier molecular flexibility index (Phi) is 7.07. The van der Waals surface area contributed by atoms with Gasteiger partial charge < -0.3 is 35.2 Å². The lowest BCUT2D eigenvalue weighted by atomic mass is 10.1. The van der Waals surface area contributed by atoms with Crippen molar-refractivity contribution in [2.75, 3.05) is 11.5 Å². The smallest absolute Gasteiger partial charge is 0.386 e. The minimum atomic E-state index is -5.77. The van der Waals surface area contributed by atoms with Crippen molar-refractivity contribution in [3.8, 4) is 0 Å². The molecule has 3 heterocycles. The van der Waals surface area contributed by atoms with Gasteiger partial charge in [-0.25, -0.2) is 18.7 Å². The minimum absolute atomic E-state index is 0.104. The molecular weight excluding hydrogens is 523 g/mol. The fourth-order valence-corrected chi connectivity index (χ4v) is 6.33. The first-order valence-corrected chi connectivity index (χ1v) is 13.3. The summed E-state index contributed by atoms with van der Waals surface area (Å²) < 4.78 is 52.9. The predicted octanol–water partition coefficient (Wildman–Crippen LogP) is -1.40. The van der Waals surface area contributed by atoms with Crippen LogP contribution in [0.4, 0.5) is 5.95 Å². The van der Waals surface area contributed by atoms with Gasteiger partial charge in [-0.1, -0.05) is 0 Å². The number of rotatable bonds is 8. The molecule has 1 aliphatic rings. The second kappa shape index (κ2) is 8.88. The monoisotopic (exact) mass is 539 g/mol. The fraction of sp³-hybridized carbons (Fsp3) is 0.500. The number of ether oxygens (including phenoxy) is 1. The number of aliphatic hydroxyl groups is 1. The Morgan fingerprint density at radius 1 is 1.22 bits per heavy atom. The van der Waals surface area contributed by atoms with E-state index in [1.807, 2.05) is 0 Å². The SMILES string of the molecule is Nc1nc2c(ncn2[C@@H]2O[C@H](CS)[C@@H](OP(=O)(O)OP(=O)(O)OP(=O)(O)O)[C@H]2O)c(=O)[nH]1. The molecule has 180 valence electrons. The number of aromatic nitrogens is 4. The average molecular weight is 539 g/mol. The number of aliphatic hydroxyl groups excluding tert-OH is 1. The summed E-state index contributed by atoms with van der Waals surface area (Å²) in [7, 11) is -16.9. The van der Waals surface area contributed by atoms with Crippen LogP contribution in [0.5, 0.6) is 0 Å². The fourth-order valence-electron chi connectivity index (χ4n) is 2.81. The Morgan fingerprint density at radius 3 is 2.47 bits per heavy atom. The highest BCUT2D eigenvalue weighted by Gasteiger charge is 2.51. The van der Waals surface area contributed by atoms with Crippen molar-refractivity contribution in [2.45, 2.75) is 24.5 Å². The zero-order chi connectivity index (χ0) is 24.1. The summed E-state index contributed by atoms with van der Waals surface area (Å²) >= 11 is 3.98. The van der Waals surface area contributed by atoms with Gasteiger partial charge in [0.1, 0.15) is 12.2 Å². The molecule has 1 fully saturated rings. The Bertz CT molecular complexity index is 1210. The van der Waals surface area contributed by atoms with Gasteiger partial charge in [-0.2, -0.15) is 26.2 Å². The summed E-state index contributed by atoms with van der Waals surface area (Å²) in [6.45, 7) is 0. The van der Waals surface area contributed by atoms with Crippen molar-refractivity contribution in [3.63, 3.8) is 0 Å². The topological polar surface area (TPSA) is 279 Å². The van der Waals surface area contributed by atoms with Crippen LogP contribution in [0.2, 0.25) is 0 Å². The second-order valence-corrected chi connectivity index (χ2v) is 10.9. The third-order valence-electron chi connectivity index (χ3n) is 3.88. The number of H-pyrrole nitrogens is 1. The number of fused-ring (bicyclic) bond motifs is 1. The Morgan fingerprint density at radius 2 is 1.88 bits per heavy atom. The molecule has 0 aromatic carbocycles. The van der Waals surface area contributed by atoms with Crippen molar-refractivity contribution in [1.82, 2.24) is 19.5 Å². The maximum absolute atomic E-state index is 12.1. The molecule has 0 spiro atoms. The van der Waals surface area contributed by atoms with Crippen LogP contribution in [0.15, 0.2) is 11.1 Å². The molecule has 22 heteroatoms. The highest BCUT2D eigenvalue weighted by Crippen LogP contribution is 2.67. The number of phosphoric ester groups is 1. The Labute approximate surface area is 182 Å². The number of imidazole rings is 1. The molecule has 0 bridgehead atoms. The van der Waals surface area contributed by atoms with Gasteiger partial charge in [0.15, 0.2) is 17.4 Å². The maximum Gasteiger partial charge on any atom is 0.490 e. The Hall–Kier alpha value is -1.17. The van der Waals surface area contributed by atoms with Crippen LogP contribution in [0.25, 0.3) is 11.2 Å². The van der Waals surface area contributed by atoms with Gasteiger partial charge in [0, 0.05) is 5.75 Å². The number of nitrogen functional groups attached to an aromatic ring is 1. The van der Waals surface area contributed by atoms with Crippen LogP contribution in [0.1, 0.15) is 6.23 Å². The standard InChI is InChI=1S/C10H16N5O13P3S/c11-10-13-7-4(8(17)14-10)12-2-15(7)9-5(16)6(3(1-32)25-9)26-30(21,22)28-31(23,24)27-29(18,19)20/h2-3,5-6,9,16,32H,1H2,(H,21,22)(H,23,24)(H2,18,19,20)(H3,11,13,14,17)/t3-,5-,6-,9-/m1/s1. The van der Waals surface area contributed by atoms with Gasteiger partial charge in [0.2, 0.25) is 5.95 Å². The summed E-state index contributed by atoms with van der Waals surface area (Å²) in [6.07, 6.45) is -5.05. The quantitative estimate of drug-likeness (QED) is 0.141. The molecule has 8 N–H and O–H groups in total. The van der Waals surface area contributed by atoms with Gasteiger partial charge in [-0.05, 0) is 0 Å². The largest absolute Gasteiger partial charge is 0.490 e. The molecule has 2 unspecified atom stereocenters. The number of thiol groups is 1. The van der Waals surface area contributed by atoms with Crippen molar-refractivity contribution in [3.05, 3.63) is 16.7 Å². The lowest BCUT2D eigenvalue weighted by Gasteiger charge is -2.23. The summed E-state index contributed by atoms with van der Waals surface area (Å²) in [5.74, 6) is -0.483. The van der Waals surface area contributed by atoms with Gasteiger partial charge in [0.05, 0.1) is 12.4 Å². The van der Waals surface area contributed by atoms with Gasteiger partial charge >= 0.3 is 23.5 Å². The van der Waals surface area contributed by atoms with Gasteiger partial charge in [-0.3, -0.25) is 18.9 Å². The van der Waals surface area contributed by atoms with E-state index in [-0.39, 0.29) is 22.9 Å². The van der Waals surface area contributed by atoms with Crippen LogP contribution >= 0.6 is 36.1 Å². The number of nitrogens with zero attached hydrogens (tertiary/aromatic N) is 3. The lowest BCUT2D eigenvalue weighted by Crippen LogP contribution is -2.34. The molecule has 0 amide bonds. The van der Waals surface area contributed by atoms with E-state index >= 15 is 0 Å². The van der Waals surface area contributed by atoms with Crippen LogP contribution in [0, 0.1) is 0 Å². The summed E-state index contributed by atoms with van der Waals surface area (Å²) in [4.78, 5) is 58.0. The zero-order valence-electron chi connectivity index (χ0n) is 15.3. The van der Waals surface area contributed by atoms with Crippen LogP contribution < -0.4 is 11.3 Å². The highest BCUT2D eigenvalue weighted by molar-refractivity contribution is 7.80. The number of nitrogens with one attached hydrogen (secondary N) is 1. The molecule has 2 aromatic heterocycles. The summed E-state index contributed by atoms with van der Waals surface area (Å²) in [5.41, 5.74) is 4.55. The lowest BCUT2D eigenvalue weighted by molar-refractivity contribution is -0.0287. The van der Waals surface area contributed by atoms with Gasteiger partial charge in [0.25, 0.3) is 5.56 Å². The van der Waals surface area contributed by atoms with E-state index in [0.717, 1.165) is 10.9 Å². The van der Waals surface area contributed by atoms with E-state index in [1.165, 1.54) is 0 Å². The number of hydrogen-bond donors (Lipinski definition) is 8. The number of aromatic amines is 1. The molecule has 2 aromatic rings. The summed E-state index contributed by atoms with van der Waals surface area (Å²) in [5, 5.41) is 10.6. The number of nitrogens with two attached hydrogens (primary N) is 1. The molecule has 18 nitrogen and oxygen atoms in total. The van der Waals surface area contributed by atoms with Crippen LogP contribution in [-0.4, -0.2) is 68.3 Å².